The molecule has 224 valence electrons. The van der Waals surface area contributed by atoms with Crippen molar-refractivity contribution in [2.24, 2.45) is 0 Å². The molecule has 2 aliphatic heterocycles. The minimum Gasteiger partial charge on any atom is -0.483 e. The fourth-order valence-electron chi connectivity index (χ4n) is 5.02. The second kappa shape index (κ2) is 15.2. The van der Waals surface area contributed by atoms with E-state index >= 15 is 0 Å². The molecule has 0 bridgehead atoms. The first kappa shape index (κ1) is 32.3. The number of esters is 1. The van der Waals surface area contributed by atoms with E-state index in [1.165, 1.54) is 30.9 Å². The number of carbonyl (C=O) groups excluding carboxylic acids is 1. The third-order valence-corrected chi connectivity index (χ3v) is 6.84. The molecule has 0 saturated carbocycles. The molecule has 8 heteroatoms. The van der Waals surface area contributed by atoms with Gasteiger partial charge >= 0.3 is 17.9 Å². The first-order valence-corrected chi connectivity index (χ1v) is 14.3. The summed E-state index contributed by atoms with van der Waals surface area (Å²) in [5.41, 5.74) is 5.42. The number of allylic oxidation sites excluding steroid dienone is 1. The molecule has 2 N–H and O–H groups in total. The topological polar surface area (TPSA) is 113 Å². The molecule has 8 nitrogen and oxygen atoms in total. The highest BCUT2D eigenvalue weighted by atomic mass is 16.5. The molecular formula is C34H41NO7. The predicted octanol–water partition coefficient (Wildman–Crippen LogP) is 6.44. The third-order valence-electron chi connectivity index (χ3n) is 6.84. The first-order valence-electron chi connectivity index (χ1n) is 14.3. The number of aliphatic carboxylic acids is 2. The molecule has 2 heterocycles. The molecule has 0 aromatic heterocycles. The Balaban J connectivity index is 0.000000531. The normalized spacial score (nSPS) is 15.8. The molecule has 2 aromatic carbocycles. The summed E-state index contributed by atoms with van der Waals surface area (Å²) < 4.78 is 12.2. The molecule has 0 aliphatic carbocycles. The smallest absolute Gasteiger partial charge is 0.328 e. The van der Waals surface area contributed by atoms with Gasteiger partial charge in [-0.15, -0.1) is 0 Å². The average Bonchev–Trinajstić information content (AvgIpc) is 2.92. The van der Waals surface area contributed by atoms with Crippen molar-refractivity contribution in [1.82, 2.24) is 4.90 Å². The van der Waals surface area contributed by atoms with Crippen molar-refractivity contribution in [2.75, 3.05) is 13.1 Å². The maximum Gasteiger partial charge on any atom is 0.328 e. The van der Waals surface area contributed by atoms with E-state index in [9.17, 15) is 14.4 Å². The highest BCUT2D eigenvalue weighted by Gasteiger charge is 2.32. The van der Waals surface area contributed by atoms with E-state index in [0.717, 1.165) is 61.3 Å². The highest BCUT2D eigenvalue weighted by molar-refractivity contribution is 5.90. The number of unbranched alkanes of at least 4 members (excludes halogenated alkanes) is 2. The number of ether oxygens (including phenoxy) is 2. The maximum atomic E-state index is 12.0. The quantitative estimate of drug-likeness (QED) is 0.144. The first-order chi connectivity index (χ1) is 20.0. The van der Waals surface area contributed by atoms with Gasteiger partial charge in [0.1, 0.15) is 17.1 Å². The summed E-state index contributed by atoms with van der Waals surface area (Å²) in [4.78, 5) is 33.6. The Morgan fingerprint density at radius 1 is 1.02 bits per heavy atom. The standard InChI is InChI=1S/C30H37NO3.C4H4O4/c1-5-6-8-13-24-18-27(33-22(2)32)29-26(20-30(3,4)34-28(29)19-24)25-14-16-31(17-15-25)21-23-11-9-7-10-12-23;5-3(6)1-2-4(7)8/h7,9-12,14,18-20H,5-6,8,13,15-17,21H2,1-4H3;1-2H,(H,5,6)(H,7,8)/b;2-1+. The summed E-state index contributed by atoms with van der Waals surface area (Å²) in [7, 11) is 0. The lowest BCUT2D eigenvalue weighted by atomic mass is 9.85. The van der Waals surface area contributed by atoms with Crippen molar-refractivity contribution in [3.63, 3.8) is 0 Å². The summed E-state index contributed by atoms with van der Waals surface area (Å²) in [6, 6.07) is 14.8. The Morgan fingerprint density at radius 3 is 2.29 bits per heavy atom. The van der Waals surface area contributed by atoms with Gasteiger partial charge in [0.2, 0.25) is 0 Å². The molecule has 0 atom stereocenters. The van der Waals surface area contributed by atoms with E-state index in [-0.39, 0.29) is 5.97 Å². The predicted molar refractivity (Wildman–Crippen MR) is 162 cm³/mol. The number of nitrogens with zero attached hydrogens (tertiary/aromatic N) is 1. The van der Waals surface area contributed by atoms with E-state index in [0.29, 0.717) is 17.9 Å². The fraction of sp³-hybridized carbons (Fsp3) is 0.382. The van der Waals surface area contributed by atoms with Crippen LogP contribution in [0.25, 0.3) is 5.57 Å². The van der Waals surface area contributed by atoms with Crippen LogP contribution in [-0.4, -0.2) is 51.7 Å². The largest absolute Gasteiger partial charge is 0.483 e. The SMILES string of the molecule is CCCCCc1cc(OC(C)=O)c2c(c1)OC(C)(C)C=C2C1=CCN(Cc2ccccc2)CC1.O=C(O)/C=C/C(=O)O. The molecule has 0 fully saturated rings. The second-order valence-corrected chi connectivity index (χ2v) is 11.0. The van der Waals surface area contributed by atoms with E-state index in [1.807, 2.05) is 6.07 Å². The molecule has 4 rings (SSSR count). The zero-order valence-corrected chi connectivity index (χ0v) is 24.9. The van der Waals surface area contributed by atoms with Crippen LogP contribution in [0.1, 0.15) is 70.1 Å². The number of hydrogen-bond acceptors (Lipinski definition) is 6. The van der Waals surface area contributed by atoms with Gasteiger partial charge in [-0.3, -0.25) is 9.69 Å². The Hall–Kier alpha value is -4.17. The van der Waals surface area contributed by atoms with Crippen LogP contribution in [0.3, 0.4) is 0 Å². The Morgan fingerprint density at radius 2 is 1.71 bits per heavy atom. The number of carboxylic acids is 2. The fourth-order valence-corrected chi connectivity index (χ4v) is 5.02. The lowest BCUT2D eigenvalue weighted by Gasteiger charge is -2.35. The molecule has 0 spiro atoms. The van der Waals surface area contributed by atoms with Crippen LogP contribution in [0.2, 0.25) is 0 Å². The van der Waals surface area contributed by atoms with Gasteiger partial charge in [-0.1, -0.05) is 56.2 Å². The molecule has 0 saturated heterocycles. The van der Waals surface area contributed by atoms with Crippen LogP contribution in [-0.2, 0) is 27.3 Å². The zero-order valence-electron chi connectivity index (χ0n) is 24.9. The van der Waals surface area contributed by atoms with Crippen molar-refractivity contribution in [3.8, 4) is 11.5 Å². The van der Waals surface area contributed by atoms with Crippen molar-refractivity contribution in [3.05, 3.63) is 89.0 Å². The second-order valence-electron chi connectivity index (χ2n) is 11.0. The summed E-state index contributed by atoms with van der Waals surface area (Å²) in [5, 5.41) is 15.6. The maximum absolute atomic E-state index is 12.0. The van der Waals surface area contributed by atoms with Gasteiger partial charge in [-0.2, -0.15) is 0 Å². The van der Waals surface area contributed by atoms with Crippen molar-refractivity contribution < 1.29 is 34.1 Å². The number of carboxylic acid groups (broad SMARTS) is 2. The lowest BCUT2D eigenvalue weighted by Crippen LogP contribution is -2.32. The number of fused-ring (bicyclic) bond motifs is 1. The molecule has 0 unspecified atom stereocenters. The molecule has 42 heavy (non-hydrogen) atoms. The van der Waals surface area contributed by atoms with Crippen LogP contribution in [0.5, 0.6) is 11.5 Å². The molecule has 0 radical (unpaired) electrons. The Bertz CT molecular complexity index is 1340. The van der Waals surface area contributed by atoms with E-state index < -0.39 is 17.5 Å². The molecular weight excluding hydrogens is 534 g/mol. The third kappa shape index (κ3) is 10.0. The molecule has 0 amide bonds. The number of carbonyl (C=O) groups is 3. The molecule has 2 aromatic rings. The van der Waals surface area contributed by atoms with Gasteiger partial charge in [0.15, 0.2) is 0 Å². The lowest BCUT2D eigenvalue weighted by molar-refractivity contribution is -0.134. The van der Waals surface area contributed by atoms with Crippen molar-refractivity contribution in [2.45, 2.75) is 71.9 Å². The summed E-state index contributed by atoms with van der Waals surface area (Å²) in [5.74, 6) is -1.38. The van der Waals surface area contributed by atoms with Crippen LogP contribution in [0.4, 0.5) is 0 Å². The van der Waals surface area contributed by atoms with Gasteiger partial charge < -0.3 is 19.7 Å². The number of rotatable bonds is 10. The van der Waals surface area contributed by atoms with Gasteiger partial charge in [0.25, 0.3) is 0 Å². The van der Waals surface area contributed by atoms with Gasteiger partial charge in [0, 0.05) is 38.7 Å². The van der Waals surface area contributed by atoms with Crippen LogP contribution < -0.4 is 9.47 Å². The molecule has 2 aliphatic rings. The minimum absolute atomic E-state index is 0.302. The van der Waals surface area contributed by atoms with Crippen molar-refractivity contribution >= 4 is 23.5 Å². The number of hydrogen-bond donors (Lipinski definition) is 2. The van der Waals surface area contributed by atoms with Crippen LogP contribution in [0.15, 0.2) is 72.3 Å². The average molecular weight is 576 g/mol. The summed E-state index contributed by atoms with van der Waals surface area (Å²) >= 11 is 0. The number of aryl methyl sites for hydroxylation is 1. The Kier molecular flexibility index (Phi) is 11.7. The monoisotopic (exact) mass is 575 g/mol. The van der Waals surface area contributed by atoms with Crippen LogP contribution >= 0.6 is 0 Å². The van der Waals surface area contributed by atoms with Gasteiger partial charge in [0.05, 0.1) is 5.56 Å². The summed E-state index contributed by atoms with van der Waals surface area (Å²) in [6.45, 7) is 10.7. The summed E-state index contributed by atoms with van der Waals surface area (Å²) in [6.07, 6.45) is 11.0. The zero-order chi connectivity index (χ0) is 30.7. The van der Waals surface area contributed by atoms with E-state index in [2.05, 4.69) is 74.2 Å². The highest BCUT2D eigenvalue weighted by Crippen LogP contribution is 2.46. The van der Waals surface area contributed by atoms with Crippen molar-refractivity contribution in [1.29, 1.82) is 0 Å². The van der Waals surface area contributed by atoms with E-state index in [4.69, 9.17) is 19.7 Å². The Labute approximate surface area is 248 Å². The number of benzene rings is 2. The van der Waals surface area contributed by atoms with Crippen LogP contribution in [0, 0.1) is 0 Å². The van der Waals surface area contributed by atoms with Gasteiger partial charge in [-0.05, 0) is 73.6 Å². The van der Waals surface area contributed by atoms with E-state index in [1.54, 1.807) is 0 Å². The van der Waals surface area contributed by atoms with Gasteiger partial charge in [-0.25, -0.2) is 9.59 Å². The minimum atomic E-state index is -1.26.